The van der Waals surface area contributed by atoms with E-state index in [1.165, 1.54) is 0 Å². The van der Waals surface area contributed by atoms with Crippen LogP contribution in [0.15, 0.2) is 12.1 Å². The first-order valence-corrected chi connectivity index (χ1v) is 7.80. The Morgan fingerprint density at radius 3 is 2.44 bits per heavy atom. The smallest absolute Gasteiger partial charge is 0.312 e. The van der Waals surface area contributed by atoms with Crippen LogP contribution in [0, 0.1) is 27.4 Å². The van der Waals surface area contributed by atoms with Crippen LogP contribution in [0.25, 0.3) is 0 Å². The fourth-order valence-electron chi connectivity index (χ4n) is 3.01. The van der Waals surface area contributed by atoms with E-state index in [2.05, 4.69) is 24.1 Å². The number of phenols is 1. The van der Waals surface area contributed by atoms with Gasteiger partial charge >= 0.3 is 5.69 Å². The normalized spacial score (nSPS) is 15.6. The minimum atomic E-state index is -0.635. The van der Waals surface area contributed by atoms with Gasteiger partial charge < -0.3 is 10.4 Å². The zero-order chi connectivity index (χ0) is 17.0. The lowest BCUT2D eigenvalue weighted by Gasteiger charge is -2.36. The summed E-state index contributed by atoms with van der Waals surface area (Å²) in [4.78, 5) is 12.8. The molecule has 0 bridgehead atoms. The summed E-state index contributed by atoms with van der Waals surface area (Å²) in [6, 6.07) is 4.53. The zero-order valence-electron chi connectivity index (χ0n) is 14.3. The van der Waals surface area contributed by atoms with Crippen molar-refractivity contribution >= 4 is 30.5 Å². The fourth-order valence-corrected chi connectivity index (χ4v) is 3.01. The van der Waals surface area contributed by atoms with E-state index in [0.29, 0.717) is 11.5 Å². The molecule has 7 nitrogen and oxygen atoms in total. The molecule has 0 unspecified atom stereocenters. The van der Waals surface area contributed by atoms with Gasteiger partial charge in [-0.3, -0.25) is 15.0 Å². The number of phenolic OH excluding ortho intramolecular Hbond substituents is 1. The van der Waals surface area contributed by atoms with E-state index in [-0.39, 0.29) is 42.2 Å². The van der Waals surface area contributed by atoms with Crippen molar-refractivity contribution in [1.82, 2.24) is 10.2 Å². The van der Waals surface area contributed by atoms with Gasteiger partial charge in [0.25, 0.3) is 0 Å². The Bertz CT molecular complexity index is 629. The summed E-state index contributed by atoms with van der Waals surface area (Å²) in [5.41, 5.74) is 0.280. The molecule has 1 heterocycles. The Hall–Kier alpha value is -1.59. The lowest BCUT2D eigenvalue weighted by atomic mass is 9.92. The van der Waals surface area contributed by atoms with Crippen molar-refractivity contribution in [2.45, 2.75) is 26.3 Å². The maximum atomic E-state index is 11.2. The van der Waals surface area contributed by atoms with E-state index < -0.39 is 10.6 Å². The largest absolute Gasteiger partial charge is 0.502 e. The molecular formula is C16H24Cl2N4O3. The molecule has 0 spiro atoms. The SMILES string of the molecule is CC(C)C[C@@H](c1cc(C#N)cc([N+](=O)[O-])c1O)N1CCNCC1.Cl.Cl. The van der Waals surface area contributed by atoms with Crippen LogP contribution in [0.1, 0.15) is 37.4 Å². The Balaban J connectivity index is 0.00000288. The van der Waals surface area contributed by atoms with E-state index in [1.54, 1.807) is 6.07 Å². The summed E-state index contributed by atoms with van der Waals surface area (Å²) in [6.07, 6.45) is 0.763. The van der Waals surface area contributed by atoms with Crippen LogP contribution >= 0.6 is 24.8 Å². The first kappa shape index (κ1) is 23.4. The third-order valence-electron chi connectivity index (χ3n) is 4.09. The Morgan fingerprint density at radius 2 is 1.96 bits per heavy atom. The number of halogens is 2. The average Bonchev–Trinajstić information content (AvgIpc) is 2.53. The molecule has 9 heteroatoms. The topological polar surface area (TPSA) is 102 Å². The first-order valence-electron chi connectivity index (χ1n) is 7.80. The molecule has 0 aromatic heterocycles. The molecule has 140 valence electrons. The van der Waals surface area contributed by atoms with Gasteiger partial charge in [0, 0.05) is 43.9 Å². The number of hydrogen-bond acceptors (Lipinski definition) is 6. The Labute approximate surface area is 160 Å². The van der Waals surface area contributed by atoms with E-state index in [0.717, 1.165) is 38.7 Å². The van der Waals surface area contributed by atoms with E-state index >= 15 is 0 Å². The van der Waals surface area contributed by atoms with Crippen LogP contribution < -0.4 is 5.32 Å². The molecule has 1 aromatic carbocycles. The number of nitrogens with zero attached hydrogens (tertiary/aromatic N) is 3. The van der Waals surface area contributed by atoms with Gasteiger partial charge in [0.1, 0.15) is 0 Å². The monoisotopic (exact) mass is 390 g/mol. The second kappa shape index (κ2) is 10.4. The molecule has 0 saturated carbocycles. The molecule has 0 amide bonds. The van der Waals surface area contributed by atoms with Crippen LogP contribution in [-0.2, 0) is 0 Å². The zero-order valence-corrected chi connectivity index (χ0v) is 15.9. The van der Waals surface area contributed by atoms with Crippen molar-refractivity contribution in [2.24, 2.45) is 5.92 Å². The van der Waals surface area contributed by atoms with Crippen LogP contribution in [-0.4, -0.2) is 41.1 Å². The standard InChI is InChI=1S/C16H22N4O3.2ClH/c1-11(2)7-14(19-5-3-18-4-6-19)13-8-12(10-17)9-15(16(13)21)20(22)23;;/h8-9,11,14,18,21H,3-7H2,1-2H3;2*1H/t14-;;/m0../s1. The molecule has 25 heavy (non-hydrogen) atoms. The number of nitro benzene ring substituents is 1. The first-order chi connectivity index (χ1) is 10.9. The lowest BCUT2D eigenvalue weighted by Crippen LogP contribution is -2.45. The molecule has 1 aliphatic rings. The molecule has 1 aromatic rings. The Morgan fingerprint density at radius 1 is 1.36 bits per heavy atom. The number of rotatable bonds is 5. The fraction of sp³-hybridized carbons (Fsp3) is 0.562. The molecule has 1 aliphatic heterocycles. The minimum absolute atomic E-state index is 0. The van der Waals surface area contributed by atoms with E-state index in [1.807, 2.05) is 6.07 Å². The number of nitro groups is 1. The van der Waals surface area contributed by atoms with Gasteiger partial charge in [-0.1, -0.05) is 13.8 Å². The van der Waals surface area contributed by atoms with E-state index in [9.17, 15) is 15.2 Å². The number of nitriles is 1. The van der Waals surface area contributed by atoms with Gasteiger partial charge in [0.05, 0.1) is 16.6 Å². The molecule has 0 aliphatic carbocycles. The highest BCUT2D eigenvalue weighted by molar-refractivity contribution is 5.85. The number of hydrogen-bond donors (Lipinski definition) is 2. The summed E-state index contributed by atoms with van der Waals surface area (Å²) in [5.74, 6) is 0.0391. The van der Waals surface area contributed by atoms with E-state index in [4.69, 9.17) is 5.26 Å². The molecule has 1 fully saturated rings. The summed E-state index contributed by atoms with van der Waals surface area (Å²) in [7, 11) is 0. The molecule has 2 rings (SSSR count). The van der Waals surface area contributed by atoms with Gasteiger partial charge in [-0.2, -0.15) is 5.26 Å². The van der Waals surface area contributed by atoms with Crippen LogP contribution in [0.3, 0.4) is 0 Å². The third-order valence-corrected chi connectivity index (χ3v) is 4.09. The molecule has 0 radical (unpaired) electrons. The van der Waals surface area contributed by atoms with Crippen molar-refractivity contribution in [3.8, 4) is 11.8 Å². The van der Waals surface area contributed by atoms with Gasteiger partial charge in [-0.05, 0) is 18.4 Å². The van der Waals surface area contributed by atoms with Crippen LogP contribution in [0.2, 0.25) is 0 Å². The summed E-state index contributed by atoms with van der Waals surface area (Å²) in [6.45, 7) is 7.46. The highest BCUT2D eigenvalue weighted by atomic mass is 35.5. The second-order valence-corrected chi connectivity index (χ2v) is 6.23. The summed E-state index contributed by atoms with van der Waals surface area (Å²) < 4.78 is 0. The average molecular weight is 391 g/mol. The third kappa shape index (κ3) is 5.72. The predicted molar refractivity (Wildman–Crippen MR) is 101 cm³/mol. The van der Waals surface area contributed by atoms with Crippen molar-refractivity contribution in [1.29, 1.82) is 5.26 Å². The highest BCUT2D eigenvalue weighted by Crippen LogP contribution is 2.39. The second-order valence-electron chi connectivity index (χ2n) is 6.23. The Kier molecular flexibility index (Phi) is 9.75. The van der Waals surface area contributed by atoms with Gasteiger partial charge in [0.15, 0.2) is 5.75 Å². The van der Waals surface area contributed by atoms with Crippen molar-refractivity contribution < 1.29 is 10.0 Å². The van der Waals surface area contributed by atoms with Crippen molar-refractivity contribution in [3.05, 3.63) is 33.4 Å². The molecule has 2 N–H and O–H groups in total. The van der Waals surface area contributed by atoms with Gasteiger partial charge in [-0.15, -0.1) is 24.8 Å². The molecule has 1 atom stereocenters. The minimum Gasteiger partial charge on any atom is -0.502 e. The van der Waals surface area contributed by atoms with Crippen molar-refractivity contribution in [2.75, 3.05) is 26.2 Å². The number of aromatic hydroxyl groups is 1. The maximum absolute atomic E-state index is 11.2. The van der Waals surface area contributed by atoms with Crippen LogP contribution in [0.5, 0.6) is 5.75 Å². The van der Waals surface area contributed by atoms with Crippen molar-refractivity contribution in [3.63, 3.8) is 0 Å². The maximum Gasteiger partial charge on any atom is 0.312 e. The highest BCUT2D eigenvalue weighted by Gasteiger charge is 2.29. The quantitative estimate of drug-likeness (QED) is 0.591. The number of piperazine rings is 1. The number of benzene rings is 1. The molecule has 1 saturated heterocycles. The molecular weight excluding hydrogens is 367 g/mol. The number of nitrogens with one attached hydrogen (secondary N) is 1. The lowest BCUT2D eigenvalue weighted by molar-refractivity contribution is -0.386. The van der Waals surface area contributed by atoms with Gasteiger partial charge in [0.2, 0.25) is 0 Å². The summed E-state index contributed by atoms with van der Waals surface area (Å²) in [5, 5.41) is 34.0. The van der Waals surface area contributed by atoms with Gasteiger partial charge in [-0.25, -0.2) is 0 Å². The summed E-state index contributed by atoms with van der Waals surface area (Å²) >= 11 is 0. The van der Waals surface area contributed by atoms with Crippen LogP contribution in [0.4, 0.5) is 5.69 Å². The predicted octanol–water partition coefficient (Wildman–Crippen LogP) is 3.01.